The van der Waals surface area contributed by atoms with Gasteiger partial charge in [-0.3, -0.25) is 4.79 Å². The Bertz CT molecular complexity index is 876. The van der Waals surface area contributed by atoms with Crippen LogP contribution in [-0.2, 0) is 17.8 Å². The molecule has 3 aromatic rings. The standard InChI is InChI=1S/C19H18ClN3O2/c1-13-5-2-3-6-15(13)12-21-17(24)9-10-18-22-19(23-25-18)14-7-4-8-16(20)11-14/h2-8,11H,9-10,12H2,1H3,(H,21,24). The molecule has 0 spiro atoms. The van der Waals surface area contributed by atoms with Crippen molar-refractivity contribution in [2.45, 2.75) is 26.3 Å². The van der Waals surface area contributed by atoms with Crippen LogP contribution in [-0.4, -0.2) is 16.0 Å². The minimum absolute atomic E-state index is 0.0502. The monoisotopic (exact) mass is 355 g/mol. The van der Waals surface area contributed by atoms with E-state index in [0.29, 0.717) is 36.1 Å². The van der Waals surface area contributed by atoms with E-state index < -0.39 is 0 Å². The molecule has 0 radical (unpaired) electrons. The van der Waals surface area contributed by atoms with Crippen LogP contribution < -0.4 is 5.32 Å². The van der Waals surface area contributed by atoms with Crippen molar-refractivity contribution >= 4 is 17.5 Å². The molecule has 1 N–H and O–H groups in total. The number of benzene rings is 2. The van der Waals surface area contributed by atoms with Gasteiger partial charge in [0.2, 0.25) is 17.6 Å². The van der Waals surface area contributed by atoms with Crippen LogP contribution >= 0.6 is 11.6 Å². The number of halogens is 1. The first kappa shape index (κ1) is 17.2. The number of rotatable bonds is 6. The number of nitrogens with zero attached hydrogens (tertiary/aromatic N) is 2. The highest BCUT2D eigenvalue weighted by molar-refractivity contribution is 6.30. The molecule has 0 aliphatic rings. The van der Waals surface area contributed by atoms with Gasteiger partial charge in [-0.15, -0.1) is 0 Å². The zero-order chi connectivity index (χ0) is 17.6. The molecule has 0 saturated heterocycles. The highest BCUT2D eigenvalue weighted by atomic mass is 35.5. The van der Waals surface area contributed by atoms with Crippen LogP contribution in [0.4, 0.5) is 0 Å². The molecule has 0 bridgehead atoms. The molecule has 0 aliphatic carbocycles. The van der Waals surface area contributed by atoms with Gasteiger partial charge >= 0.3 is 0 Å². The van der Waals surface area contributed by atoms with Crippen molar-refractivity contribution in [3.05, 3.63) is 70.6 Å². The van der Waals surface area contributed by atoms with Crippen LogP contribution in [0.25, 0.3) is 11.4 Å². The van der Waals surface area contributed by atoms with Crippen molar-refractivity contribution < 1.29 is 9.32 Å². The van der Waals surface area contributed by atoms with Crippen LogP contribution in [0.15, 0.2) is 53.1 Å². The van der Waals surface area contributed by atoms with Gasteiger partial charge in [-0.05, 0) is 30.2 Å². The highest BCUT2D eigenvalue weighted by Gasteiger charge is 2.11. The van der Waals surface area contributed by atoms with Gasteiger partial charge in [0.25, 0.3) is 0 Å². The van der Waals surface area contributed by atoms with Crippen LogP contribution in [0, 0.1) is 6.92 Å². The summed E-state index contributed by atoms with van der Waals surface area (Å²) in [6.45, 7) is 2.54. The molecule has 0 saturated carbocycles. The Balaban J connectivity index is 1.52. The summed E-state index contributed by atoms with van der Waals surface area (Å²) in [5.74, 6) is 0.851. The van der Waals surface area contributed by atoms with Gasteiger partial charge in [0.05, 0.1) is 0 Å². The van der Waals surface area contributed by atoms with Crippen molar-refractivity contribution in [2.75, 3.05) is 0 Å². The van der Waals surface area contributed by atoms with Crippen LogP contribution in [0.5, 0.6) is 0 Å². The Morgan fingerprint density at radius 2 is 2.04 bits per heavy atom. The summed E-state index contributed by atoms with van der Waals surface area (Å²) >= 11 is 5.96. The Morgan fingerprint density at radius 1 is 1.20 bits per heavy atom. The highest BCUT2D eigenvalue weighted by Crippen LogP contribution is 2.20. The predicted octanol–water partition coefficient (Wildman–Crippen LogP) is 3.95. The van der Waals surface area contributed by atoms with Gasteiger partial charge in [0.15, 0.2) is 0 Å². The molecule has 0 aliphatic heterocycles. The summed E-state index contributed by atoms with van der Waals surface area (Å²) in [6.07, 6.45) is 0.691. The fraction of sp³-hybridized carbons (Fsp3) is 0.211. The lowest BCUT2D eigenvalue weighted by molar-refractivity contribution is -0.121. The van der Waals surface area contributed by atoms with Gasteiger partial charge in [-0.1, -0.05) is 53.2 Å². The van der Waals surface area contributed by atoms with E-state index in [1.807, 2.05) is 43.3 Å². The van der Waals surface area contributed by atoms with Crippen molar-refractivity contribution in [3.63, 3.8) is 0 Å². The number of carbonyl (C=O) groups is 1. The first-order chi connectivity index (χ1) is 12.1. The summed E-state index contributed by atoms with van der Waals surface area (Å²) in [4.78, 5) is 16.3. The lowest BCUT2D eigenvalue weighted by Gasteiger charge is -2.07. The van der Waals surface area contributed by atoms with E-state index in [1.165, 1.54) is 0 Å². The van der Waals surface area contributed by atoms with E-state index in [2.05, 4.69) is 15.5 Å². The largest absolute Gasteiger partial charge is 0.352 e. The maximum atomic E-state index is 12.0. The zero-order valence-electron chi connectivity index (χ0n) is 13.8. The van der Waals surface area contributed by atoms with Gasteiger partial charge in [-0.2, -0.15) is 4.98 Å². The van der Waals surface area contributed by atoms with Crippen molar-refractivity contribution in [2.24, 2.45) is 0 Å². The molecule has 25 heavy (non-hydrogen) atoms. The van der Waals surface area contributed by atoms with E-state index in [9.17, 15) is 4.79 Å². The number of hydrogen-bond donors (Lipinski definition) is 1. The van der Waals surface area contributed by atoms with E-state index >= 15 is 0 Å². The molecule has 2 aromatic carbocycles. The van der Waals surface area contributed by atoms with Gasteiger partial charge in [0.1, 0.15) is 0 Å². The summed E-state index contributed by atoms with van der Waals surface area (Å²) in [5.41, 5.74) is 3.05. The number of aromatic nitrogens is 2. The second-order valence-electron chi connectivity index (χ2n) is 5.73. The van der Waals surface area contributed by atoms with Crippen LogP contribution in [0.1, 0.15) is 23.4 Å². The Morgan fingerprint density at radius 3 is 2.84 bits per heavy atom. The quantitative estimate of drug-likeness (QED) is 0.727. The molecule has 128 valence electrons. The Labute approximate surface area is 151 Å². The Hall–Kier alpha value is -2.66. The molecule has 6 heteroatoms. The SMILES string of the molecule is Cc1ccccc1CNC(=O)CCc1nc(-c2cccc(Cl)c2)no1. The first-order valence-corrected chi connectivity index (χ1v) is 8.39. The number of hydrogen-bond acceptors (Lipinski definition) is 4. The lowest BCUT2D eigenvalue weighted by atomic mass is 10.1. The molecule has 1 amide bonds. The van der Waals surface area contributed by atoms with Crippen LogP contribution in [0.3, 0.4) is 0 Å². The van der Waals surface area contributed by atoms with Gasteiger partial charge in [-0.25, -0.2) is 0 Å². The maximum Gasteiger partial charge on any atom is 0.227 e. The zero-order valence-corrected chi connectivity index (χ0v) is 14.6. The van der Waals surface area contributed by atoms with E-state index in [1.54, 1.807) is 12.1 Å². The smallest absolute Gasteiger partial charge is 0.227 e. The fourth-order valence-electron chi connectivity index (χ4n) is 2.41. The van der Waals surface area contributed by atoms with Crippen molar-refractivity contribution in [1.82, 2.24) is 15.5 Å². The molecule has 3 rings (SSSR count). The van der Waals surface area contributed by atoms with E-state index in [0.717, 1.165) is 16.7 Å². The van der Waals surface area contributed by atoms with E-state index in [4.69, 9.17) is 16.1 Å². The summed E-state index contributed by atoms with van der Waals surface area (Å²) in [6, 6.07) is 15.2. The van der Waals surface area contributed by atoms with Gasteiger partial charge in [0, 0.05) is 30.0 Å². The first-order valence-electron chi connectivity index (χ1n) is 8.01. The van der Waals surface area contributed by atoms with E-state index in [-0.39, 0.29) is 5.91 Å². The Kier molecular flexibility index (Phi) is 5.46. The van der Waals surface area contributed by atoms with Gasteiger partial charge < -0.3 is 9.84 Å². The molecule has 1 aromatic heterocycles. The summed E-state index contributed by atoms with van der Waals surface area (Å²) in [7, 11) is 0. The number of aryl methyl sites for hydroxylation is 2. The second kappa shape index (κ2) is 7.94. The lowest BCUT2D eigenvalue weighted by Crippen LogP contribution is -2.23. The molecule has 1 heterocycles. The molecule has 0 unspecified atom stereocenters. The number of nitrogens with one attached hydrogen (secondary N) is 1. The molecule has 0 fully saturated rings. The summed E-state index contributed by atoms with van der Waals surface area (Å²) < 4.78 is 5.21. The maximum absolute atomic E-state index is 12.0. The molecule has 0 atom stereocenters. The molecule has 5 nitrogen and oxygen atoms in total. The average molecular weight is 356 g/mol. The normalized spacial score (nSPS) is 10.6. The van der Waals surface area contributed by atoms with Crippen molar-refractivity contribution in [3.8, 4) is 11.4 Å². The molecular weight excluding hydrogens is 338 g/mol. The van der Waals surface area contributed by atoms with Crippen molar-refractivity contribution in [1.29, 1.82) is 0 Å². The number of amides is 1. The fourth-order valence-corrected chi connectivity index (χ4v) is 2.60. The summed E-state index contributed by atoms with van der Waals surface area (Å²) in [5, 5.41) is 7.45. The van der Waals surface area contributed by atoms with Crippen LogP contribution in [0.2, 0.25) is 5.02 Å². The predicted molar refractivity (Wildman–Crippen MR) is 96.1 cm³/mol. The third kappa shape index (κ3) is 4.67. The minimum atomic E-state index is -0.0502. The third-order valence-electron chi connectivity index (χ3n) is 3.85. The number of carbonyl (C=O) groups excluding carboxylic acids is 1. The third-order valence-corrected chi connectivity index (χ3v) is 4.09. The average Bonchev–Trinajstić information content (AvgIpc) is 3.08. The minimum Gasteiger partial charge on any atom is -0.352 e. The molecular formula is C19H18ClN3O2. The topological polar surface area (TPSA) is 68.0 Å². The second-order valence-corrected chi connectivity index (χ2v) is 6.16.